The summed E-state index contributed by atoms with van der Waals surface area (Å²) in [5.41, 5.74) is 1.65. The first kappa shape index (κ1) is 27.4. The maximum atomic E-state index is 12.4. The highest BCUT2D eigenvalue weighted by Crippen LogP contribution is 2.28. The minimum Gasteiger partial charge on any atom is -0.495 e. The molecular weight excluding hydrogens is 476 g/mol. The predicted octanol–water partition coefficient (Wildman–Crippen LogP) is 2.73. The van der Waals surface area contributed by atoms with Gasteiger partial charge in [0.25, 0.3) is 5.91 Å². The average molecular weight is 509 g/mol. The summed E-state index contributed by atoms with van der Waals surface area (Å²) in [7, 11) is 1.73. The fourth-order valence-electron chi connectivity index (χ4n) is 4.06. The Morgan fingerprint density at radius 3 is 2.24 bits per heavy atom. The van der Waals surface area contributed by atoms with E-state index >= 15 is 0 Å². The number of ether oxygens (including phenoxy) is 1. The van der Waals surface area contributed by atoms with E-state index in [1.165, 1.54) is 5.69 Å². The molecule has 1 aromatic heterocycles. The van der Waals surface area contributed by atoms with Gasteiger partial charge in [-0.25, -0.2) is 9.59 Å². The summed E-state index contributed by atoms with van der Waals surface area (Å²) in [4.78, 5) is 39.8. The third kappa shape index (κ3) is 8.18. The highest BCUT2D eigenvalue weighted by Gasteiger charge is 2.19. The summed E-state index contributed by atoms with van der Waals surface area (Å²) < 4.78 is 5.50. The number of carbonyl (C=O) groups is 3. The van der Waals surface area contributed by atoms with E-state index in [0.29, 0.717) is 12.2 Å². The summed E-state index contributed by atoms with van der Waals surface area (Å²) in [6.07, 6.45) is 3.79. The van der Waals surface area contributed by atoms with E-state index in [1.807, 2.05) is 42.5 Å². The van der Waals surface area contributed by atoms with Crippen molar-refractivity contribution in [3.63, 3.8) is 0 Å². The van der Waals surface area contributed by atoms with Crippen molar-refractivity contribution in [2.45, 2.75) is 12.8 Å². The quantitative estimate of drug-likeness (QED) is 0.310. The molecule has 10 nitrogen and oxygen atoms in total. The van der Waals surface area contributed by atoms with Crippen LogP contribution in [0.4, 0.5) is 5.69 Å². The highest BCUT2D eigenvalue weighted by atomic mass is 16.5. The lowest BCUT2D eigenvalue weighted by molar-refractivity contribution is -0.159. The van der Waals surface area contributed by atoms with Gasteiger partial charge in [0, 0.05) is 44.3 Å². The molecule has 0 radical (unpaired) electrons. The van der Waals surface area contributed by atoms with Crippen molar-refractivity contribution in [1.29, 1.82) is 0 Å². The van der Waals surface area contributed by atoms with Gasteiger partial charge in [0.15, 0.2) is 0 Å². The van der Waals surface area contributed by atoms with Crippen molar-refractivity contribution in [3.8, 4) is 5.75 Å². The van der Waals surface area contributed by atoms with Crippen molar-refractivity contribution in [2.24, 2.45) is 0 Å². The molecular formula is C27H32N4O6. The van der Waals surface area contributed by atoms with Gasteiger partial charge in [0.2, 0.25) is 0 Å². The van der Waals surface area contributed by atoms with Crippen LogP contribution >= 0.6 is 0 Å². The Morgan fingerprint density at radius 1 is 0.919 bits per heavy atom. The molecule has 1 aliphatic rings. The number of hydrogen-bond acceptors (Lipinski definition) is 7. The maximum absolute atomic E-state index is 12.4. The fraction of sp³-hybridized carbons (Fsp3) is 0.333. The number of rotatable bonds is 8. The Balaban J connectivity index is 0.000000568. The zero-order valence-corrected chi connectivity index (χ0v) is 20.8. The molecule has 2 aromatic carbocycles. The van der Waals surface area contributed by atoms with Gasteiger partial charge in [-0.1, -0.05) is 36.4 Å². The predicted molar refractivity (Wildman–Crippen MR) is 140 cm³/mol. The van der Waals surface area contributed by atoms with Crippen LogP contribution in [-0.2, 0) is 9.59 Å². The Hall–Kier alpha value is -4.18. The second-order valence-electron chi connectivity index (χ2n) is 8.49. The third-order valence-electron chi connectivity index (χ3n) is 6.03. The van der Waals surface area contributed by atoms with Gasteiger partial charge < -0.3 is 25.2 Å². The Morgan fingerprint density at radius 2 is 1.57 bits per heavy atom. The van der Waals surface area contributed by atoms with Crippen LogP contribution in [0.3, 0.4) is 0 Å². The molecule has 0 aliphatic carbocycles. The molecule has 1 aliphatic heterocycles. The molecule has 1 saturated heterocycles. The van der Waals surface area contributed by atoms with Gasteiger partial charge in [-0.15, -0.1) is 0 Å². The average Bonchev–Trinajstić information content (AvgIpc) is 2.93. The zero-order chi connectivity index (χ0) is 26.6. The zero-order valence-electron chi connectivity index (χ0n) is 20.8. The first-order chi connectivity index (χ1) is 17.9. The molecule has 1 amide bonds. The van der Waals surface area contributed by atoms with E-state index < -0.39 is 11.9 Å². The SMILES string of the molecule is COc1ccccc1N1CCN(CCCCNC(=O)c2cc3ccccc3cn2)CC1.O=C(O)C(=O)O. The summed E-state index contributed by atoms with van der Waals surface area (Å²) in [6.45, 7) is 5.84. The van der Waals surface area contributed by atoms with Crippen LogP contribution < -0.4 is 15.0 Å². The minimum absolute atomic E-state index is 0.101. The van der Waals surface area contributed by atoms with Gasteiger partial charge in [-0.3, -0.25) is 14.7 Å². The van der Waals surface area contributed by atoms with Crippen molar-refractivity contribution >= 4 is 34.3 Å². The van der Waals surface area contributed by atoms with E-state index in [-0.39, 0.29) is 5.91 Å². The van der Waals surface area contributed by atoms with E-state index in [4.69, 9.17) is 24.5 Å². The molecule has 0 bridgehead atoms. The number of carbonyl (C=O) groups excluding carboxylic acids is 1. The summed E-state index contributed by atoms with van der Waals surface area (Å²) in [6, 6.07) is 18.0. The van der Waals surface area contributed by atoms with Crippen LogP contribution in [0.1, 0.15) is 23.3 Å². The first-order valence-corrected chi connectivity index (χ1v) is 12.1. The molecule has 1 fully saturated rings. The number of aliphatic carboxylic acids is 2. The number of nitrogens with zero attached hydrogens (tertiary/aromatic N) is 3. The van der Waals surface area contributed by atoms with Crippen molar-refractivity contribution in [2.75, 3.05) is 51.3 Å². The number of methoxy groups -OCH3 is 1. The molecule has 4 rings (SSSR count). The number of fused-ring (bicyclic) bond motifs is 1. The molecule has 10 heteroatoms. The van der Waals surface area contributed by atoms with Gasteiger partial charge in [-0.2, -0.15) is 0 Å². The van der Waals surface area contributed by atoms with Gasteiger partial charge in [-0.05, 0) is 43.0 Å². The van der Waals surface area contributed by atoms with Gasteiger partial charge >= 0.3 is 11.9 Å². The summed E-state index contributed by atoms with van der Waals surface area (Å²) >= 11 is 0. The molecule has 0 saturated carbocycles. The van der Waals surface area contributed by atoms with Crippen LogP contribution in [0.25, 0.3) is 10.8 Å². The topological polar surface area (TPSA) is 132 Å². The van der Waals surface area contributed by atoms with Gasteiger partial charge in [0.05, 0.1) is 12.8 Å². The number of piperazine rings is 1. The number of amides is 1. The van der Waals surface area contributed by atoms with Crippen molar-refractivity contribution in [1.82, 2.24) is 15.2 Å². The van der Waals surface area contributed by atoms with E-state index in [2.05, 4.69) is 32.2 Å². The lowest BCUT2D eigenvalue weighted by atomic mass is 10.1. The highest BCUT2D eigenvalue weighted by molar-refractivity contribution is 6.27. The first-order valence-electron chi connectivity index (χ1n) is 12.1. The van der Waals surface area contributed by atoms with E-state index in [1.54, 1.807) is 13.3 Å². The summed E-state index contributed by atoms with van der Waals surface area (Å²) in [5, 5.41) is 19.9. The number of para-hydroxylation sites is 2. The monoisotopic (exact) mass is 508 g/mol. The van der Waals surface area contributed by atoms with Gasteiger partial charge in [0.1, 0.15) is 11.4 Å². The molecule has 0 atom stereocenters. The second-order valence-corrected chi connectivity index (χ2v) is 8.49. The van der Waals surface area contributed by atoms with Crippen LogP contribution in [0.2, 0.25) is 0 Å². The van der Waals surface area contributed by atoms with E-state index in [9.17, 15) is 4.79 Å². The second kappa shape index (κ2) is 13.8. The number of pyridine rings is 1. The molecule has 196 valence electrons. The fourth-order valence-corrected chi connectivity index (χ4v) is 4.06. The van der Waals surface area contributed by atoms with Crippen LogP contribution in [0, 0.1) is 0 Å². The molecule has 3 aromatic rings. The lowest BCUT2D eigenvalue weighted by Crippen LogP contribution is -2.46. The third-order valence-corrected chi connectivity index (χ3v) is 6.03. The van der Waals surface area contributed by atoms with Crippen molar-refractivity contribution < 1.29 is 29.3 Å². The summed E-state index contributed by atoms with van der Waals surface area (Å²) in [5.74, 6) is -2.81. The number of aromatic nitrogens is 1. The number of nitrogens with one attached hydrogen (secondary N) is 1. The molecule has 0 spiro atoms. The number of carboxylic acid groups (broad SMARTS) is 2. The lowest BCUT2D eigenvalue weighted by Gasteiger charge is -2.36. The molecule has 3 N–H and O–H groups in total. The van der Waals surface area contributed by atoms with Crippen LogP contribution in [-0.4, -0.2) is 84.3 Å². The minimum atomic E-state index is -1.82. The normalized spacial score (nSPS) is 13.4. The number of anilines is 1. The maximum Gasteiger partial charge on any atom is 0.414 e. The van der Waals surface area contributed by atoms with E-state index in [0.717, 1.165) is 62.1 Å². The van der Waals surface area contributed by atoms with Crippen LogP contribution in [0.15, 0.2) is 60.8 Å². The number of unbranched alkanes of at least 4 members (excludes halogenated alkanes) is 1. The smallest absolute Gasteiger partial charge is 0.414 e. The van der Waals surface area contributed by atoms with Crippen LogP contribution in [0.5, 0.6) is 5.75 Å². The Bertz CT molecular complexity index is 1200. The molecule has 37 heavy (non-hydrogen) atoms. The number of carboxylic acids is 2. The molecule has 0 unspecified atom stereocenters. The molecule has 2 heterocycles. The number of benzene rings is 2. The van der Waals surface area contributed by atoms with Crippen molar-refractivity contribution in [3.05, 3.63) is 66.5 Å². The largest absolute Gasteiger partial charge is 0.495 e. The Kier molecular flexibility index (Phi) is 10.2. The standard InChI is InChI=1S/C25H30N4O2.C2H2O4/c1-31-24-11-5-4-10-23(24)29-16-14-28(15-17-29)13-7-6-12-26-25(30)22-18-20-8-2-3-9-21(20)19-27-22;3-1(4)2(5)6/h2-5,8-11,18-19H,6-7,12-17H2,1H3,(H,26,30);(H,3,4)(H,5,6). The number of hydrogen-bond donors (Lipinski definition) is 3. The Labute approximate surface area is 215 Å².